The van der Waals surface area contributed by atoms with Crippen LogP contribution >= 0.6 is 11.3 Å². The molecular formula is C14H22N4OS. The van der Waals surface area contributed by atoms with E-state index in [9.17, 15) is 0 Å². The van der Waals surface area contributed by atoms with Crippen LogP contribution in [0.25, 0.3) is 0 Å². The van der Waals surface area contributed by atoms with Gasteiger partial charge in [-0.3, -0.25) is 0 Å². The Kier molecular flexibility index (Phi) is 4.77. The van der Waals surface area contributed by atoms with E-state index in [1.165, 1.54) is 4.88 Å². The van der Waals surface area contributed by atoms with Crippen LogP contribution in [-0.2, 0) is 4.74 Å². The number of nitrogens with one attached hydrogen (secondary N) is 1. The zero-order chi connectivity index (χ0) is 14.7. The lowest BCUT2D eigenvalue weighted by molar-refractivity contribution is 0.190. The standard InChI is InChI=1S/C14H22N4OS/c1-9-7-18(12(4)13-15-6-11(3)20-13)14(16-9)17-10(2)8-19-5/h6-7,10,12H,8H2,1-5H3,(H,16,17). The number of thiazole rings is 1. The van der Waals surface area contributed by atoms with Crippen LogP contribution in [0.4, 0.5) is 5.95 Å². The summed E-state index contributed by atoms with van der Waals surface area (Å²) in [5, 5.41) is 4.49. The SMILES string of the molecule is COCC(C)Nc1nc(C)cn1C(C)c1ncc(C)s1. The average molecular weight is 294 g/mol. The fourth-order valence-electron chi connectivity index (χ4n) is 2.11. The summed E-state index contributed by atoms with van der Waals surface area (Å²) >= 11 is 1.73. The van der Waals surface area contributed by atoms with Gasteiger partial charge >= 0.3 is 0 Å². The first-order valence-corrected chi connectivity index (χ1v) is 7.56. The van der Waals surface area contributed by atoms with Gasteiger partial charge in [0, 0.05) is 30.4 Å². The first kappa shape index (κ1) is 15.0. The van der Waals surface area contributed by atoms with E-state index in [2.05, 4.69) is 46.8 Å². The van der Waals surface area contributed by atoms with Crippen molar-refractivity contribution in [3.63, 3.8) is 0 Å². The summed E-state index contributed by atoms with van der Waals surface area (Å²) in [5.41, 5.74) is 0.997. The minimum atomic E-state index is 0.173. The van der Waals surface area contributed by atoms with Gasteiger partial charge in [-0.05, 0) is 27.7 Å². The molecule has 0 spiro atoms. The van der Waals surface area contributed by atoms with Gasteiger partial charge in [0.15, 0.2) is 0 Å². The summed E-state index contributed by atoms with van der Waals surface area (Å²) < 4.78 is 7.30. The van der Waals surface area contributed by atoms with Crippen LogP contribution in [0.1, 0.15) is 35.5 Å². The van der Waals surface area contributed by atoms with Gasteiger partial charge in [-0.25, -0.2) is 9.97 Å². The predicted molar refractivity (Wildman–Crippen MR) is 82.6 cm³/mol. The molecule has 2 rings (SSSR count). The summed E-state index contributed by atoms with van der Waals surface area (Å²) in [6, 6.07) is 0.387. The van der Waals surface area contributed by atoms with E-state index >= 15 is 0 Å². The molecule has 2 unspecified atom stereocenters. The summed E-state index contributed by atoms with van der Waals surface area (Å²) in [5.74, 6) is 0.868. The van der Waals surface area contributed by atoms with E-state index in [4.69, 9.17) is 4.74 Å². The maximum atomic E-state index is 5.16. The lowest BCUT2D eigenvalue weighted by atomic mass is 10.3. The van der Waals surface area contributed by atoms with Crippen molar-refractivity contribution < 1.29 is 4.74 Å². The fraction of sp³-hybridized carbons (Fsp3) is 0.571. The lowest BCUT2D eigenvalue weighted by Gasteiger charge is -2.18. The summed E-state index contributed by atoms with van der Waals surface area (Å²) in [6.45, 7) is 8.95. The molecule has 0 saturated carbocycles. The van der Waals surface area contributed by atoms with E-state index in [1.807, 2.05) is 13.1 Å². The van der Waals surface area contributed by atoms with Crippen molar-refractivity contribution in [2.45, 2.75) is 39.8 Å². The number of aryl methyl sites for hydroxylation is 2. The molecule has 0 bridgehead atoms. The molecule has 2 heterocycles. The van der Waals surface area contributed by atoms with Crippen LogP contribution in [0.5, 0.6) is 0 Å². The van der Waals surface area contributed by atoms with Gasteiger partial charge in [-0.15, -0.1) is 11.3 Å². The number of hydrogen-bond acceptors (Lipinski definition) is 5. The largest absolute Gasteiger partial charge is 0.383 e. The van der Waals surface area contributed by atoms with Crippen molar-refractivity contribution in [3.8, 4) is 0 Å². The topological polar surface area (TPSA) is 52.0 Å². The summed E-state index contributed by atoms with van der Waals surface area (Å²) in [4.78, 5) is 10.3. The predicted octanol–water partition coefficient (Wildman–Crippen LogP) is 3.01. The fourth-order valence-corrected chi connectivity index (χ4v) is 2.94. The maximum Gasteiger partial charge on any atom is 0.203 e. The Morgan fingerprint density at radius 1 is 1.40 bits per heavy atom. The van der Waals surface area contributed by atoms with Gasteiger partial charge in [-0.2, -0.15) is 0 Å². The molecule has 6 heteroatoms. The summed E-state index contributed by atoms with van der Waals surface area (Å²) in [6.07, 6.45) is 3.98. The van der Waals surface area contributed by atoms with E-state index in [-0.39, 0.29) is 12.1 Å². The second kappa shape index (κ2) is 6.37. The van der Waals surface area contributed by atoms with Gasteiger partial charge in [0.1, 0.15) is 5.01 Å². The van der Waals surface area contributed by atoms with Crippen molar-refractivity contribution in [1.82, 2.24) is 14.5 Å². The van der Waals surface area contributed by atoms with E-state index < -0.39 is 0 Å². The van der Waals surface area contributed by atoms with Crippen LogP contribution < -0.4 is 5.32 Å². The molecule has 5 nitrogen and oxygen atoms in total. The first-order valence-electron chi connectivity index (χ1n) is 6.74. The van der Waals surface area contributed by atoms with E-state index in [0.29, 0.717) is 6.61 Å². The zero-order valence-electron chi connectivity index (χ0n) is 12.7. The highest BCUT2D eigenvalue weighted by Gasteiger charge is 2.17. The molecule has 110 valence electrons. The molecule has 1 N–H and O–H groups in total. The molecule has 0 saturated heterocycles. The number of nitrogens with zero attached hydrogens (tertiary/aromatic N) is 3. The van der Waals surface area contributed by atoms with Crippen molar-refractivity contribution >= 4 is 17.3 Å². The Labute approximate surface area is 124 Å². The molecule has 0 radical (unpaired) electrons. The molecule has 0 aliphatic heterocycles. The molecule has 0 aliphatic carbocycles. The Balaban J connectivity index is 2.22. The maximum absolute atomic E-state index is 5.16. The minimum Gasteiger partial charge on any atom is -0.383 e. The van der Waals surface area contributed by atoms with Crippen LogP contribution in [0.3, 0.4) is 0 Å². The number of imidazole rings is 1. The third kappa shape index (κ3) is 3.37. The van der Waals surface area contributed by atoms with Gasteiger partial charge in [-0.1, -0.05) is 0 Å². The number of aromatic nitrogens is 3. The molecule has 2 aromatic rings. The smallest absolute Gasteiger partial charge is 0.203 e. The van der Waals surface area contributed by atoms with Crippen LogP contribution in [0.2, 0.25) is 0 Å². The zero-order valence-corrected chi connectivity index (χ0v) is 13.5. The third-order valence-electron chi connectivity index (χ3n) is 3.06. The molecule has 2 atom stereocenters. The number of hydrogen-bond donors (Lipinski definition) is 1. The third-order valence-corrected chi connectivity index (χ3v) is 4.14. The number of rotatable bonds is 6. The monoisotopic (exact) mass is 294 g/mol. The second-order valence-corrected chi connectivity index (χ2v) is 6.37. The number of ether oxygens (including phenoxy) is 1. The molecule has 20 heavy (non-hydrogen) atoms. The normalized spacial score (nSPS) is 14.2. The average Bonchev–Trinajstić information content (AvgIpc) is 2.95. The van der Waals surface area contributed by atoms with Gasteiger partial charge in [0.2, 0.25) is 5.95 Å². The van der Waals surface area contributed by atoms with Crippen LogP contribution in [0.15, 0.2) is 12.4 Å². The van der Waals surface area contributed by atoms with E-state index in [0.717, 1.165) is 16.6 Å². The molecule has 2 aromatic heterocycles. The number of methoxy groups -OCH3 is 1. The summed E-state index contributed by atoms with van der Waals surface area (Å²) in [7, 11) is 1.71. The Hall–Kier alpha value is -1.40. The quantitative estimate of drug-likeness (QED) is 0.890. The molecule has 0 aromatic carbocycles. The van der Waals surface area contributed by atoms with Crippen molar-refractivity contribution in [2.24, 2.45) is 0 Å². The Morgan fingerprint density at radius 2 is 2.15 bits per heavy atom. The van der Waals surface area contributed by atoms with Gasteiger partial charge in [0.05, 0.1) is 18.3 Å². The van der Waals surface area contributed by atoms with Crippen LogP contribution in [0, 0.1) is 13.8 Å². The molecule has 0 amide bonds. The Morgan fingerprint density at radius 3 is 2.75 bits per heavy atom. The van der Waals surface area contributed by atoms with E-state index in [1.54, 1.807) is 18.4 Å². The van der Waals surface area contributed by atoms with Gasteiger partial charge < -0.3 is 14.6 Å². The van der Waals surface area contributed by atoms with Crippen molar-refractivity contribution in [3.05, 3.63) is 28.0 Å². The lowest BCUT2D eigenvalue weighted by Crippen LogP contribution is -2.24. The molecular weight excluding hydrogens is 272 g/mol. The Bertz CT molecular complexity index is 563. The highest BCUT2D eigenvalue weighted by atomic mass is 32.1. The minimum absolute atomic E-state index is 0.173. The van der Waals surface area contributed by atoms with Gasteiger partial charge in [0.25, 0.3) is 0 Å². The van der Waals surface area contributed by atoms with Crippen molar-refractivity contribution in [1.29, 1.82) is 0 Å². The highest BCUT2D eigenvalue weighted by Crippen LogP contribution is 2.26. The molecule has 0 fully saturated rings. The number of anilines is 1. The first-order chi connectivity index (χ1) is 9.51. The highest BCUT2D eigenvalue weighted by molar-refractivity contribution is 7.11. The van der Waals surface area contributed by atoms with Crippen LogP contribution in [-0.4, -0.2) is 34.3 Å². The van der Waals surface area contributed by atoms with Crippen molar-refractivity contribution in [2.75, 3.05) is 19.0 Å². The second-order valence-electron chi connectivity index (χ2n) is 5.10. The molecule has 0 aliphatic rings.